The number of ether oxygens (including phenoxy) is 3. The molecule has 0 saturated heterocycles. The van der Waals surface area contributed by atoms with Gasteiger partial charge in [-0.3, -0.25) is 0 Å². The van der Waals surface area contributed by atoms with Crippen LogP contribution in [0.4, 0.5) is 11.4 Å². The maximum Gasteiger partial charge on any atom is 0.120 e. The van der Waals surface area contributed by atoms with E-state index in [9.17, 15) is 0 Å². The first-order valence-electron chi connectivity index (χ1n) is 7.92. The Morgan fingerprint density at radius 2 is 2.00 bits per heavy atom. The second-order valence-corrected chi connectivity index (χ2v) is 5.61. The number of benzene rings is 2. The fourth-order valence-electron chi connectivity index (χ4n) is 2.94. The van der Waals surface area contributed by atoms with Gasteiger partial charge in [0.25, 0.3) is 0 Å². The van der Waals surface area contributed by atoms with Crippen molar-refractivity contribution in [3.8, 4) is 5.75 Å². The van der Waals surface area contributed by atoms with Crippen LogP contribution in [-0.2, 0) is 22.5 Å². The Bertz CT molecular complexity index is 657. The van der Waals surface area contributed by atoms with E-state index < -0.39 is 0 Å². The van der Waals surface area contributed by atoms with Crippen LogP contribution in [-0.4, -0.2) is 34.0 Å². The van der Waals surface area contributed by atoms with Crippen LogP contribution in [0.15, 0.2) is 42.5 Å². The van der Waals surface area contributed by atoms with E-state index in [1.54, 1.807) is 14.2 Å². The van der Waals surface area contributed by atoms with Gasteiger partial charge in [-0.1, -0.05) is 18.2 Å². The summed E-state index contributed by atoms with van der Waals surface area (Å²) in [5.41, 5.74) is 4.83. The number of hydrogen-bond donors (Lipinski definition) is 0. The van der Waals surface area contributed by atoms with Crippen molar-refractivity contribution in [1.82, 2.24) is 0 Å². The molecule has 0 fully saturated rings. The van der Waals surface area contributed by atoms with Crippen molar-refractivity contribution < 1.29 is 14.2 Å². The zero-order valence-corrected chi connectivity index (χ0v) is 13.7. The van der Waals surface area contributed by atoms with Crippen molar-refractivity contribution in [3.63, 3.8) is 0 Å². The van der Waals surface area contributed by atoms with Crippen molar-refractivity contribution in [2.45, 2.75) is 13.0 Å². The van der Waals surface area contributed by atoms with Crippen molar-refractivity contribution in [1.29, 1.82) is 0 Å². The molecule has 0 N–H and O–H groups in total. The first-order valence-corrected chi connectivity index (χ1v) is 7.92. The van der Waals surface area contributed by atoms with Gasteiger partial charge in [0, 0.05) is 31.1 Å². The summed E-state index contributed by atoms with van der Waals surface area (Å²) < 4.78 is 16.4. The van der Waals surface area contributed by atoms with Crippen molar-refractivity contribution in [2.24, 2.45) is 0 Å². The van der Waals surface area contributed by atoms with Crippen LogP contribution in [0, 0.1) is 0 Å². The first kappa shape index (κ1) is 15.8. The van der Waals surface area contributed by atoms with Crippen molar-refractivity contribution >= 4 is 11.4 Å². The highest BCUT2D eigenvalue weighted by molar-refractivity contribution is 5.68. The van der Waals surface area contributed by atoms with Gasteiger partial charge < -0.3 is 19.1 Å². The summed E-state index contributed by atoms with van der Waals surface area (Å²) in [6.07, 6.45) is 0.920. The third kappa shape index (κ3) is 3.66. The predicted molar refractivity (Wildman–Crippen MR) is 91.7 cm³/mol. The van der Waals surface area contributed by atoms with Gasteiger partial charge in [0.05, 0.1) is 26.9 Å². The highest BCUT2D eigenvalue weighted by Gasteiger charge is 2.17. The van der Waals surface area contributed by atoms with Gasteiger partial charge in [-0.25, -0.2) is 0 Å². The molecular formula is C19H23NO3. The maximum atomic E-state index is 5.72. The van der Waals surface area contributed by atoms with E-state index in [1.807, 2.05) is 12.1 Å². The fourth-order valence-corrected chi connectivity index (χ4v) is 2.94. The highest BCUT2D eigenvalue weighted by atomic mass is 16.5. The molecule has 4 heteroatoms. The maximum absolute atomic E-state index is 5.72. The van der Waals surface area contributed by atoms with E-state index in [0.29, 0.717) is 13.2 Å². The molecule has 122 valence electrons. The van der Waals surface area contributed by atoms with E-state index in [1.165, 1.54) is 16.8 Å². The van der Waals surface area contributed by atoms with Crippen LogP contribution < -0.4 is 9.64 Å². The molecule has 0 bridgehead atoms. The molecule has 0 saturated carbocycles. The third-order valence-electron chi connectivity index (χ3n) is 4.09. The number of nitrogens with zero attached hydrogens (tertiary/aromatic N) is 1. The molecule has 4 nitrogen and oxygen atoms in total. The van der Waals surface area contributed by atoms with Crippen LogP contribution in [0.25, 0.3) is 0 Å². The summed E-state index contributed by atoms with van der Waals surface area (Å²) in [4.78, 5) is 2.30. The standard InChI is InChI=1S/C19H23NO3/c1-21-14-15-6-7-16-8-10-23-11-9-20(19(16)12-15)17-4-3-5-18(13-17)22-2/h3-7,12-13H,8-11,14H2,1-2H3. The molecule has 0 amide bonds. The molecule has 0 aromatic heterocycles. The summed E-state index contributed by atoms with van der Waals surface area (Å²) in [5.74, 6) is 0.861. The fraction of sp³-hybridized carbons (Fsp3) is 0.368. The van der Waals surface area contributed by atoms with Gasteiger partial charge in [0.2, 0.25) is 0 Å². The molecule has 0 spiro atoms. The normalized spacial score (nSPS) is 14.8. The zero-order valence-electron chi connectivity index (χ0n) is 13.7. The topological polar surface area (TPSA) is 30.9 Å². The SMILES string of the molecule is COCc1ccc2c(c1)N(c1cccc(OC)c1)CCOCC2. The lowest BCUT2D eigenvalue weighted by Crippen LogP contribution is -2.26. The van der Waals surface area contributed by atoms with E-state index >= 15 is 0 Å². The minimum atomic E-state index is 0.621. The van der Waals surface area contributed by atoms with Gasteiger partial charge in [-0.2, -0.15) is 0 Å². The Balaban J connectivity index is 2.03. The quantitative estimate of drug-likeness (QED) is 0.864. The van der Waals surface area contributed by atoms with Crippen LogP contribution >= 0.6 is 0 Å². The van der Waals surface area contributed by atoms with Crippen LogP contribution in [0.2, 0.25) is 0 Å². The molecule has 0 unspecified atom stereocenters. The van der Waals surface area contributed by atoms with E-state index in [0.717, 1.165) is 31.0 Å². The Kier molecular flexibility index (Phi) is 5.16. The molecule has 2 aromatic carbocycles. The molecule has 0 aliphatic carbocycles. The number of methoxy groups -OCH3 is 2. The smallest absolute Gasteiger partial charge is 0.120 e. The Hall–Kier alpha value is -2.04. The van der Waals surface area contributed by atoms with Crippen LogP contribution in [0.5, 0.6) is 5.75 Å². The average Bonchev–Trinajstić information content (AvgIpc) is 2.57. The summed E-state index contributed by atoms with van der Waals surface area (Å²) in [6.45, 7) is 2.92. The molecule has 1 aliphatic heterocycles. The zero-order chi connectivity index (χ0) is 16.1. The summed E-state index contributed by atoms with van der Waals surface area (Å²) in [7, 11) is 3.42. The number of rotatable bonds is 4. The van der Waals surface area contributed by atoms with E-state index in [4.69, 9.17) is 14.2 Å². The number of fused-ring (bicyclic) bond motifs is 1. The molecule has 1 heterocycles. The Morgan fingerprint density at radius 1 is 1.09 bits per heavy atom. The number of anilines is 2. The van der Waals surface area contributed by atoms with Gasteiger partial charge in [0.1, 0.15) is 5.75 Å². The second-order valence-electron chi connectivity index (χ2n) is 5.61. The number of hydrogen-bond acceptors (Lipinski definition) is 4. The first-order chi connectivity index (χ1) is 11.3. The van der Waals surface area contributed by atoms with Crippen LogP contribution in [0.3, 0.4) is 0 Å². The third-order valence-corrected chi connectivity index (χ3v) is 4.09. The largest absolute Gasteiger partial charge is 0.497 e. The monoisotopic (exact) mass is 313 g/mol. The van der Waals surface area contributed by atoms with Gasteiger partial charge in [0.15, 0.2) is 0 Å². The second kappa shape index (κ2) is 7.49. The molecule has 1 aliphatic rings. The Morgan fingerprint density at radius 3 is 2.83 bits per heavy atom. The lowest BCUT2D eigenvalue weighted by molar-refractivity contribution is 0.142. The van der Waals surface area contributed by atoms with Gasteiger partial charge >= 0.3 is 0 Å². The Labute approximate surface area is 137 Å². The van der Waals surface area contributed by atoms with Crippen LogP contribution in [0.1, 0.15) is 11.1 Å². The molecular weight excluding hydrogens is 290 g/mol. The van der Waals surface area contributed by atoms with Gasteiger partial charge in [-0.15, -0.1) is 0 Å². The molecule has 0 radical (unpaired) electrons. The van der Waals surface area contributed by atoms with Crippen molar-refractivity contribution in [2.75, 3.05) is 38.9 Å². The minimum Gasteiger partial charge on any atom is -0.497 e. The lowest BCUT2D eigenvalue weighted by Gasteiger charge is -2.30. The van der Waals surface area contributed by atoms with E-state index in [-0.39, 0.29) is 0 Å². The van der Waals surface area contributed by atoms with E-state index in [2.05, 4.69) is 35.2 Å². The minimum absolute atomic E-state index is 0.621. The average molecular weight is 313 g/mol. The van der Waals surface area contributed by atoms with Gasteiger partial charge in [-0.05, 0) is 35.7 Å². The molecule has 0 atom stereocenters. The molecule has 2 aromatic rings. The molecule has 23 heavy (non-hydrogen) atoms. The summed E-state index contributed by atoms with van der Waals surface area (Å²) >= 11 is 0. The summed E-state index contributed by atoms with van der Waals surface area (Å²) in [6, 6.07) is 14.7. The van der Waals surface area contributed by atoms with Crippen molar-refractivity contribution in [3.05, 3.63) is 53.6 Å². The lowest BCUT2D eigenvalue weighted by atomic mass is 10.0. The highest BCUT2D eigenvalue weighted by Crippen LogP contribution is 2.33. The predicted octanol–water partition coefficient (Wildman–Crippen LogP) is 3.55. The summed E-state index contributed by atoms with van der Waals surface area (Å²) in [5, 5.41) is 0. The molecule has 3 rings (SSSR count).